The van der Waals surface area contributed by atoms with Gasteiger partial charge in [-0.05, 0) is 6.42 Å². The first-order chi connectivity index (χ1) is 5.41. The van der Waals surface area contributed by atoms with E-state index >= 15 is 0 Å². The fraction of sp³-hybridized carbons (Fsp3) is 1.00. The van der Waals surface area contributed by atoms with Crippen molar-refractivity contribution < 1.29 is 42.1 Å². The first-order valence-electron chi connectivity index (χ1n) is 3.36. The van der Waals surface area contributed by atoms with E-state index in [9.17, 15) is 0 Å². The van der Waals surface area contributed by atoms with Crippen molar-refractivity contribution in [2.24, 2.45) is 0 Å². The van der Waals surface area contributed by atoms with Crippen molar-refractivity contribution in [3.8, 4) is 0 Å². The molecule has 0 saturated heterocycles. The minimum absolute atomic E-state index is 0. The zero-order chi connectivity index (χ0) is 10.1. The Morgan fingerprint density at radius 3 is 1.08 bits per heavy atom. The summed E-state index contributed by atoms with van der Waals surface area (Å²) in [5, 5.41) is 29.1. The summed E-state index contributed by atoms with van der Waals surface area (Å²) in [6.07, 6.45) is 2.04. The minimum Gasteiger partial charge on any atom is -0.400 e. The van der Waals surface area contributed by atoms with Gasteiger partial charge in [0.1, 0.15) is 0 Å². The number of aliphatic hydroxyl groups excluding tert-OH is 4. The fourth-order valence-electron chi connectivity index (χ4n) is 0.158. The molecule has 4 nitrogen and oxygen atoms in total. The van der Waals surface area contributed by atoms with E-state index in [0.717, 1.165) is 34.2 Å². The monoisotopic (exact) mass is 218 g/mol. The Morgan fingerprint density at radius 1 is 0.833 bits per heavy atom. The number of rotatable bonds is 2. The third-order valence-electron chi connectivity index (χ3n) is 0.512. The molecule has 0 saturated carbocycles. The molecule has 12 heavy (non-hydrogen) atoms. The number of aliphatic hydroxyl groups is 4. The largest absolute Gasteiger partial charge is 0.400 e. The van der Waals surface area contributed by atoms with Crippen LogP contribution in [0.25, 0.3) is 0 Å². The predicted molar refractivity (Wildman–Crippen MR) is 46.4 cm³/mol. The van der Waals surface area contributed by atoms with Crippen LogP contribution >= 0.6 is 0 Å². The zero-order valence-corrected chi connectivity index (χ0v) is 9.97. The Bertz CT molecular complexity index is 22.9. The van der Waals surface area contributed by atoms with Crippen LogP contribution in [0.15, 0.2) is 0 Å². The molecule has 0 aromatic heterocycles. The second-order valence-electron chi connectivity index (χ2n) is 1.08. The average molecular weight is 218 g/mol. The summed E-state index contributed by atoms with van der Waals surface area (Å²) >= 11 is 0. The van der Waals surface area contributed by atoms with E-state index in [2.05, 4.69) is 6.92 Å². The van der Waals surface area contributed by atoms with Crippen molar-refractivity contribution in [3.05, 3.63) is 0 Å². The van der Waals surface area contributed by atoms with Gasteiger partial charge < -0.3 is 20.4 Å². The maximum Gasteiger partial charge on any atom is 0.0430 e. The number of unbranched alkanes of at least 4 members (excludes halogenated alkanes) is 1. The van der Waals surface area contributed by atoms with Crippen LogP contribution in [-0.4, -0.2) is 48.4 Å². The summed E-state index contributed by atoms with van der Waals surface area (Å²) in [5.41, 5.74) is 0. The molecule has 0 heterocycles. The molecule has 0 bridgehead atoms. The normalized spacial score (nSPS) is 5.00. The van der Waals surface area contributed by atoms with Crippen molar-refractivity contribution in [1.29, 1.82) is 0 Å². The Balaban J connectivity index is -0.0000000203. The van der Waals surface area contributed by atoms with Gasteiger partial charge in [0, 0.05) is 49.7 Å². The second kappa shape index (κ2) is 102. The third kappa shape index (κ3) is 148. The van der Waals surface area contributed by atoms with Crippen molar-refractivity contribution in [3.63, 3.8) is 0 Å². The summed E-state index contributed by atoms with van der Waals surface area (Å²) in [6.45, 7) is 2.40. The van der Waals surface area contributed by atoms with Crippen LogP contribution in [-0.2, 0) is 21.7 Å². The van der Waals surface area contributed by atoms with E-state index in [1.165, 1.54) is 0 Å². The summed E-state index contributed by atoms with van der Waals surface area (Å²) in [7, 11) is 3.00. The maximum absolute atomic E-state index is 8.07. The smallest absolute Gasteiger partial charge is 0.0430 e. The van der Waals surface area contributed by atoms with Crippen LogP contribution in [0.4, 0.5) is 0 Å². The molecule has 0 atom stereocenters. The first kappa shape index (κ1) is 29.4. The fourth-order valence-corrected chi connectivity index (χ4v) is 0.158. The number of hydrogen-bond donors (Lipinski definition) is 4. The van der Waals surface area contributed by atoms with Crippen molar-refractivity contribution in [1.82, 2.24) is 0 Å². The molecule has 0 aromatic carbocycles. The standard InChI is InChI=1S/C4H10O.3CH4O.Ti/c1-2-3-4-5;3*1-2;/h5H,2-4H2,1H3;3*2H,1H3;. The van der Waals surface area contributed by atoms with Crippen LogP contribution in [0.1, 0.15) is 19.8 Å². The Labute approximate surface area is 90.1 Å². The second-order valence-corrected chi connectivity index (χ2v) is 1.08. The van der Waals surface area contributed by atoms with E-state index in [1.807, 2.05) is 0 Å². The van der Waals surface area contributed by atoms with Crippen molar-refractivity contribution in [2.45, 2.75) is 19.8 Å². The van der Waals surface area contributed by atoms with Crippen LogP contribution in [0.5, 0.6) is 0 Å². The van der Waals surface area contributed by atoms with Gasteiger partial charge in [-0.15, -0.1) is 0 Å². The molecule has 0 aliphatic rings. The number of hydrogen-bond acceptors (Lipinski definition) is 4. The SMILES string of the molecule is CCCCO.CO.CO.CO.[Ti]. The van der Waals surface area contributed by atoms with Crippen molar-refractivity contribution in [2.75, 3.05) is 27.9 Å². The molecule has 0 radical (unpaired) electrons. The summed E-state index contributed by atoms with van der Waals surface area (Å²) in [6, 6.07) is 0. The van der Waals surface area contributed by atoms with Gasteiger partial charge in [0.05, 0.1) is 0 Å². The average Bonchev–Trinajstić information content (AvgIpc) is 2.16. The van der Waals surface area contributed by atoms with Crippen LogP contribution in [0.2, 0.25) is 0 Å². The van der Waals surface area contributed by atoms with Gasteiger partial charge in [-0.3, -0.25) is 0 Å². The Kier molecular flexibility index (Phi) is 249. The van der Waals surface area contributed by atoms with E-state index in [-0.39, 0.29) is 21.7 Å². The molecule has 0 unspecified atom stereocenters. The molecular weight excluding hydrogens is 196 g/mol. The van der Waals surface area contributed by atoms with E-state index in [0.29, 0.717) is 6.61 Å². The van der Waals surface area contributed by atoms with Gasteiger partial charge in [0.2, 0.25) is 0 Å². The summed E-state index contributed by atoms with van der Waals surface area (Å²) < 4.78 is 0. The molecule has 0 rings (SSSR count). The molecule has 0 aromatic rings. The zero-order valence-electron chi connectivity index (χ0n) is 8.41. The predicted octanol–water partition coefficient (Wildman–Crippen LogP) is -0.398. The quantitative estimate of drug-likeness (QED) is 0.475. The Morgan fingerprint density at radius 2 is 1.08 bits per heavy atom. The molecule has 5 heteroatoms. The maximum atomic E-state index is 8.07. The topological polar surface area (TPSA) is 80.9 Å². The van der Waals surface area contributed by atoms with E-state index < -0.39 is 0 Å². The van der Waals surface area contributed by atoms with Crippen LogP contribution < -0.4 is 0 Å². The summed E-state index contributed by atoms with van der Waals surface area (Å²) in [4.78, 5) is 0. The van der Waals surface area contributed by atoms with Gasteiger partial charge in [-0.1, -0.05) is 13.3 Å². The van der Waals surface area contributed by atoms with Gasteiger partial charge >= 0.3 is 0 Å². The first-order valence-corrected chi connectivity index (χ1v) is 3.36. The molecule has 0 aliphatic carbocycles. The minimum atomic E-state index is 0. The van der Waals surface area contributed by atoms with Crippen LogP contribution in [0, 0.1) is 0 Å². The molecular formula is C7H22O4Ti. The Hall–Kier alpha value is 0.554. The van der Waals surface area contributed by atoms with E-state index in [4.69, 9.17) is 20.4 Å². The molecule has 4 N–H and O–H groups in total. The molecule has 0 amide bonds. The van der Waals surface area contributed by atoms with Crippen LogP contribution in [0.3, 0.4) is 0 Å². The molecule has 78 valence electrons. The van der Waals surface area contributed by atoms with Gasteiger partial charge in [-0.2, -0.15) is 0 Å². The summed E-state index contributed by atoms with van der Waals surface area (Å²) in [5.74, 6) is 0. The van der Waals surface area contributed by atoms with Gasteiger partial charge in [-0.25, -0.2) is 0 Å². The van der Waals surface area contributed by atoms with Gasteiger partial charge in [0.25, 0.3) is 0 Å². The molecule has 0 spiro atoms. The third-order valence-corrected chi connectivity index (χ3v) is 0.512. The van der Waals surface area contributed by atoms with E-state index in [1.54, 1.807) is 0 Å². The molecule has 0 fully saturated rings. The molecule has 0 aliphatic heterocycles. The van der Waals surface area contributed by atoms with Gasteiger partial charge in [0.15, 0.2) is 0 Å². The van der Waals surface area contributed by atoms with Crippen molar-refractivity contribution >= 4 is 0 Å².